The average Bonchev–Trinajstić information content (AvgIpc) is 3.57. The highest BCUT2D eigenvalue weighted by atomic mass is 35.5. The van der Waals surface area contributed by atoms with Crippen molar-refractivity contribution in [2.75, 3.05) is 13.2 Å². The molecule has 190 valence electrons. The van der Waals surface area contributed by atoms with Crippen molar-refractivity contribution in [3.63, 3.8) is 0 Å². The second-order valence-electron chi connectivity index (χ2n) is 9.20. The Balaban J connectivity index is 1.08. The predicted molar refractivity (Wildman–Crippen MR) is 132 cm³/mol. The number of likely N-dealkylation sites (tertiary alicyclic amines) is 1. The third kappa shape index (κ3) is 4.91. The molecule has 8 nitrogen and oxygen atoms in total. The van der Waals surface area contributed by atoms with E-state index in [0.717, 1.165) is 11.3 Å². The molecule has 2 aromatic carbocycles. The minimum Gasteiger partial charge on any atom is -0.457 e. The van der Waals surface area contributed by atoms with E-state index in [1.807, 2.05) is 12.2 Å². The molecule has 10 heteroatoms. The van der Waals surface area contributed by atoms with Gasteiger partial charge in [0, 0.05) is 12.1 Å². The van der Waals surface area contributed by atoms with Gasteiger partial charge < -0.3 is 9.47 Å². The van der Waals surface area contributed by atoms with Gasteiger partial charge in [-0.1, -0.05) is 35.4 Å². The van der Waals surface area contributed by atoms with Gasteiger partial charge in [-0.3, -0.25) is 24.1 Å². The van der Waals surface area contributed by atoms with E-state index < -0.39 is 24.3 Å². The number of ether oxygens (including phenoxy) is 2. The van der Waals surface area contributed by atoms with Gasteiger partial charge in [0.05, 0.1) is 33.9 Å². The van der Waals surface area contributed by atoms with Gasteiger partial charge in [-0.25, -0.2) is 4.79 Å². The average molecular weight is 542 g/mol. The predicted octanol–water partition coefficient (Wildman–Crippen LogP) is 4.14. The quantitative estimate of drug-likeness (QED) is 0.162. The number of nitrogens with zero attached hydrogens (tertiary/aromatic N) is 1. The van der Waals surface area contributed by atoms with Crippen molar-refractivity contribution in [2.45, 2.75) is 12.8 Å². The number of esters is 2. The lowest BCUT2D eigenvalue weighted by Gasteiger charge is -2.16. The minimum absolute atomic E-state index is 0.0595. The Morgan fingerprint density at radius 1 is 0.865 bits per heavy atom. The number of carbonyl (C=O) groups excluding carboxylic acids is 5. The van der Waals surface area contributed by atoms with Crippen LogP contribution in [0.5, 0.6) is 5.75 Å². The molecule has 2 aromatic rings. The number of rotatable bonds is 8. The number of carbonyl (C=O) groups is 5. The van der Waals surface area contributed by atoms with Crippen molar-refractivity contribution in [3.8, 4) is 5.75 Å². The van der Waals surface area contributed by atoms with Crippen molar-refractivity contribution in [1.29, 1.82) is 0 Å². The first-order valence-corrected chi connectivity index (χ1v) is 12.5. The van der Waals surface area contributed by atoms with Crippen molar-refractivity contribution in [2.24, 2.45) is 23.7 Å². The van der Waals surface area contributed by atoms with E-state index in [9.17, 15) is 24.0 Å². The topological polar surface area (TPSA) is 107 Å². The third-order valence-electron chi connectivity index (χ3n) is 7.01. The van der Waals surface area contributed by atoms with E-state index in [0.29, 0.717) is 5.02 Å². The lowest BCUT2D eigenvalue weighted by Crippen LogP contribution is -2.35. The van der Waals surface area contributed by atoms with Gasteiger partial charge in [-0.05, 0) is 60.7 Å². The fourth-order valence-electron chi connectivity index (χ4n) is 5.19. The number of fused-ring (bicyclic) bond motifs is 5. The molecule has 1 saturated heterocycles. The maximum absolute atomic E-state index is 12.7. The smallest absolute Gasteiger partial charge is 0.343 e. The Bertz CT molecular complexity index is 1310. The SMILES string of the molecule is O=C(CCN1C(=O)C2C3C=CC(C3)C2C1=O)OCC(=O)c1ccc(OC(=O)c2ccc(Cl)c(Cl)c2)cc1. The summed E-state index contributed by atoms with van der Waals surface area (Å²) < 4.78 is 10.3. The maximum Gasteiger partial charge on any atom is 0.343 e. The first kappa shape index (κ1) is 25.2. The number of halogens is 2. The van der Waals surface area contributed by atoms with E-state index >= 15 is 0 Å². The Hall–Kier alpha value is -3.49. The van der Waals surface area contributed by atoms with Crippen molar-refractivity contribution in [1.82, 2.24) is 4.90 Å². The van der Waals surface area contributed by atoms with Crippen LogP contribution in [0, 0.1) is 23.7 Å². The number of benzene rings is 2. The maximum atomic E-state index is 12.7. The third-order valence-corrected chi connectivity index (χ3v) is 7.75. The lowest BCUT2D eigenvalue weighted by molar-refractivity contribution is -0.145. The van der Waals surface area contributed by atoms with Crippen LogP contribution in [-0.4, -0.2) is 47.6 Å². The van der Waals surface area contributed by atoms with Crippen molar-refractivity contribution < 1.29 is 33.4 Å². The highest BCUT2D eigenvalue weighted by Crippen LogP contribution is 2.52. The Morgan fingerprint density at radius 2 is 1.49 bits per heavy atom. The second-order valence-corrected chi connectivity index (χ2v) is 10.0. The molecule has 4 atom stereocenters. The van der Waals surface area contributed by atoms with Crippen LogP contribution < -0.4 is 4.74 Å². The summed E-state index contributed by atoms with van der Waals surface area (Å²) in [5, 5.41) is 0.531. The Kier molecular flexibility index (Phi) is 6.88. The molecular formula is C27H21Cl2NO7. The summed E-state index contributed by atoms with van der Waals surface area (Å²) in [7, 11) is 0. The van der Waals surface area contributed by atoms with Crippen LogP contribution in [-0.2, 0) is 19.1 Å². The summed E-state index contributed by atoms with van der Waals surface area (Å²) in [6.07, 6.45) is 4.67. The summed E-state index contributed by atoms with van der Waals surface area (Å²) >= 11 is 11.8. The van der Waals surface area contributed by atoms with Crippen LogP contribution in [0.15, 0.2) is 54.6 Å². The molecule has 4 unspecified atom stereocenters. The van der Waals surface area contributed by atoms with E-state index in [-0.39, 0.29) is 70.4 Å². The van der Waals surface area contributed by atoms with Crippen LogP contribution in [0.2, 0.25) is 10.0 Å². The van der Waals surface area contributed by atoms with Crippen LogP contribution in [0.1, 0.15) is 33.6 Å². The first-order valence-electron chi connectivity index (χ1n) is 11.7. The van der Waals surface area contributed by atoms with E-state index in [2.05, 4.69) is 0 Å². The minimum atomic E-state index is -0.681. The molecule has 0 aromatic heterocycles. The molecular weight excluding hydrogens is 521 g/mol. The number of Topliss-reactive ketones (excluding diaryl/α,β-unsaturated/α-hetero) is 1. The number of ketones is 1. The first-order chi connectivity index (χ1) is 17.7. The van der Waals surface area contributed by atoms with Gasteiger partial charge in [-0.2, -0.15) is 0 Å². The summed E-state index contributed by atoms with van der Waals surface area (Å²) in [6, 6.07) is 10.1. The summed E-state index contributed by atoms with van der Waals surface area (Å²) in [6.45, 7) is -0.557. The lowest BCUT2D eigenvalue weighted by atomic mass is 9.85. The zero-order valence-corrected chi connectivity index (χ0v) is 20.9. The Morgan fingerprint density at radius 3 is 2.11 bits per heavy atom. The zero-order valence-electron chi connectivity index (χ0n) is 19.4. The number of amides is 2. The van der Waals surface area contributed by atoms with Gasteiger partial charge >= 0.3 is 11.9 Å². The number of imide groups is 1. The second kappa shape index (κ2) is 10.1. The van der Waals surface area contributed by atoms with Gasteiger partial charge in [0.2, 0.25) is 11.8 Å². The molecule has 0 N–H and O–H groups in total. The van der Waals surface area contributed by atoms with Crippen LogP contribution in [0.3, 0.4) is 0 Å². The molecule has 37 heavy (non-hydrogen) atoms. The molecule has 0 radical (unpaired) electrons. The molecule has 2 fully saturated rings. The highest BCUT2D eigenvalue weighted by Gasteiger charge is 2.59. The normalized spacial score (nSPS) is 23.4. The molecule has 1 aliphatic heterocycles. The van der Waals surface area contributed by atoms with Gasteiger partial charge in [0.1, 0.15) is 5.75 Å². The van der Waals surface area contributed by atoms with Crippen LogP contribution >= 0.6 is 23.2 Å². The molecule has 2 amide bonds. The number of hydrogen-bond donors (Lipinski definition) is 0. The largest absolute Gasteiger partial charge is 0.457 e. The zero-order chi connectivity index (χ0) is 26.3. The van der Waals surface area contributed by atoms with Crippen LogP contribution in [0.25, 0.3) is 0 Å². The molecule has 1 saturated carbocycles. The highest BCUT2D eigenvalue weighted by molar-refractivity contribution is 6.42. The monoisotopic (exact) mass is 541 g/mol. The van der Waals surface area contributed by atoms with Crippen LogP contribution in [0.4, 0.5) is 0 Å². The van der Waals surface area contributed by atoms with E-state index in [4.69, 9.17) is 32.7 Å². The van der Waals surface area contributed by atoms with E-state index in [1.54, 1.807) is 0 Å². The van der Waals surface area contributed by atoms with Gasteiger partial charge in [-0.15, -0.1) is 0 Å². The van der Waals surface area contributed by atoms with Crippen molar-refractivity contribution >= 4 is 52.7 Å². The summed E-state index contributed by atoms with van der Waals surface area (Å²) in [4.78, 5) is 63.4. The van der Waals surface area contributed by atoms with Crippen molar-refractivity contribution in [3.05, 3.63) is 75.8 Å². The molecule has 2 aliphatic carbocycles. The Labute approximate surface area is 222 Å². The fourth-order valence-corrected chi connectivity index (χ4v) is 5.49. The standard InChI is InChI=1S/C27H21Cl2NO7/c28-19-8-5-17(12-20(19)29)27(35)37-18-6-3-14(4-7-18)21(31)13-36-22(32)9-10-30-25(33)23-15-1-2-16(11-15)24(23)26(30)34/h1-8,12,15-16,23-24H,9-11,13H2. The van der Waals surface area contributed by atoms with Gasteiger partial charge in [0.25, 0.3) is 0 Å². The fraction of sp³-hybridized carbons (Fsp3) is 0.296. The summed E-state index contributed by atoms with van der Waals surface area (Å²) in [5.41, 5.74) is 0.467. The molecule has 0 spiro atoms. The summed E-state index contributed by atoms with van der Waals surface area (Å²) in [5.74, 6) is -2.45. The molecule has 1 heterocycles. The molecule has 2 bridgehead atoms. The van der Waals surface area contributed by atoms with E-state index in [1.165, 1.54) is 42.5 Å². The van der Waals surface area contributed by atoms with Gasteiger partial charge in [0.15, 0.2) is 12.4 Å². The molecule has 3 aliphatic rings. The molecule has 5 rings (SSSR count). The number of allylic oxidation sites excluding steroid dienone is 2. The number of hydrogen-bond acceptors (Lipinski definition) is 7.